The molecule has 2 rings (SSSR count). The Hall–Kier alpha value is -0.620. The molecule has 1 aliphatic heterocycles. The van der Waals surface area contributed by atoms with Crippen molar-refractivity contribution in [3.8, 4) is 0 Å². The van der Waals surface area contributed by atoms with E-state index < -0.39 is 0 Å². The van der Waals surface area contributed by atoms with Crippen LogP contribution in [-0.4, -0.2) is 54.2 Å². The molecule has 18 heavy (non-hydrogen) atoms. The Morgan fingerprint density at radius 1 is 1.17 bits per heavy atom. The van der Waals surface area contributed by atoms with E-state index >= 15 is 0 Å². The maximum Gasteiger partial charge on any atom is 0.0558 e. The molecule has 0 aromatic heterocycles. The van der Waals surface area contributed by atoms with Crippen molar-refractivity contribution in [1.29, 1.82) is 0 Å². The van der Waals surface area contributed by atoms with Gasteiger partial charge in [-0.3, -0.25) is 9.80 Å². The van der Waals surface area contributed by atoms with Gasteiger partial charge in [-0.2, -0.15) is 0 Å². The van der Waals surface area contributed by atoms with E-state index in [2.05, 4.69) is 31.8 Å². The zero-order chi connectivity index (χ0) is 13.0. The molecule has 0 amide bonds. The molecule has 1 aromatic rings. The van der Waals surface area contributed by atoms with Crippen molar-refractivity contribution in [1.82, 2.24) is 9.80 Å². The van der Waals surface area contributed by atoms with Crippen LogP contribution in [0.2, 0.25) is 0 Å². The van der Waals surface area contributed by atoms with Crippen molar-refractivity contribution < 1.29 is 5.11 Å². The van der Waals surface area contributed by atoms with Crippen LogP contribution in [0.4, 0.5) is 5.69 Å². The Kier molecular flexibility index (Phi) is 5.00. The van der Waals surface area contributed by atoms with Gasteiger partial charge in [-0.05, 0) is 33.6 Å². The molecule has 0 atom stereocenters. The molecule has 1 aromatic carbocycles. The van der Waals surface area contributed by atoms with Gasteiger partial charge >= 0.3 is 0 Å². The first-order valence-electron chi connectivity index (χ1n) is 6.28. The molecule has 4 nitrogen and oxygen atoms in total. The molecule has 0 unspecified atom stereocenters. The Morgan fingerprint density at radius 2 is 1.83 bits per heavy atom. The molecular formula is C13H20BrN3O. The quantitative estimate of drug-likeness (QED) is 0.819. The van der Waals surface area contributed by atoms with Gasteiger partial charge in [-0.15, -0.1) is 0 Å². The average molecular weight is 314 g/mol. The van der Waals surface area contributed by atoms with Gasteiger partial charge in [0.05, 0.1) is 6.61 Å². The lowest BCUT2D eigenvalue weighted by atomic mass is 10.2. The number of hydrogen-bond donors (Lipinski definition) is 2. The summed E-state index contributed by atoms with van der Waals surface area (Å²) in [5.41, 5.74) is 7.94. The number of halogens is 1. The van der Waals surface area contributed by atoms with Crippen LogP contribution < -0.4 is 5.73 Å². The number of nitrogen functional groups attached to an aromatic ring is 1. The molecule has 1 aliphatic rings. The molecule has 5 heteroatoms. The zero-order valence-electron chi connectivity index (χ0n) is 10.5. The maximum absolute atomic E-state index is 8.90. The normalized spacial score (nSPS) is 18.1. The fraction of sp³-hybridized carbons (Fsp3) is 0.538. The minimum atomic E-state index is 0.253. The van der Waals surface area contributed by atoms with Crippen LogP contribution in [-0.2, 0) is 6.54 Å². The summed E-state index contributed by atoms with van der Waals surface area (Å²) in [4.78, 5) is 4.73. The van der Waals surface area contributed by atoms with Crippen LogP contribution in [0.15, 0.2) is 22.7 Å². The van der Waals surface area contributed by atoms with Crippen LogP contribution in [0.25, 0.3) is 0 Å². The SMILES string of the molecule is Nc1cc(CN2CCN(CCO)CC2)ccc1Br. The highest BCUT2D eigenvalue weighted by atomic mass is 79.9. The summed E-state index contributed by atoms with van der Waals surface area (Å²) in [5.74, 6) is 0. The number of piperazine rings is 1. The molecule has 0 saturated carbocycles. The lowest BCUT2D eigenvalue weighted by Gasteiger charge is -2.34. The van der Waals surface area contributed by atoms with Crippen molar-refractivity contribution in [2.45, 2.75) is 6.54 Å². The highest BCUT2D eigenvalue weighted by molar-refractivity contribution is 9.10. The first-order chi connectivity index (χ1) is 8.69. The van der Waals surface area contributed by atoms with Crippen LogP contribution in [0, 0.1) is 0 Å². The fourth-order valence-electron chi connectivity index (χ4n) is 2.26. The minimum Gasteiger partial charge on any atom is -0.398 e. The summed E-state index contributed by atoms with van der Waals surface area (Å²) in [6.45, 7) is 6.16. The number of nitrogens with zero attached hydrogens (tertiary/aromatic N) is 2. The second kappa shape index (κ2) is 6.52. The van der Waals surface area contributed by atoms with E-state index in [1.54, 1.807) is 0 Å². The smallest absolute Gasteiger partial charge is 0.0558 e. The van der Waals surface area contributed by atoms with Gasteiger partial charge < -0.3 is 10.8 Å². The Balaban J connectivity index is 1.85. The molecule has 0 aliphatic carbocycles. The highest BCUT2D eigenvalue weighted by Gasteiger charge is 2.16. The summed E-state index contributed by atoms with van der Waals surface area (Å²) in [6.07, 6.45) is 0. The van der Waals surface area contributed by atoms with Gasteiger partial charge in [0.25, 0.3) is 0 Å². The third-order valence-corrected chi connectivity index (χ3v) is 4.07. The Morgan fingerprint density at radius 3 is 2.44 bits per heavy atom. The second-order valence-electron chi connectivity index (χ2n) is 4.70. The van der Waals surface area contributed by atoms with Crippen molar-refractivity contribution in [3.05, 3.63) is 28.2 Å². The predicted octanol–water partition coefficient (Wildman–Crippen LogP) is 1.14. The number of aliphatic hydroxyl groups excluding tert-OH is 1. The summed E-state index contributed by atoms with van der Waals surface area (Å²) in [6, 6.07) is 6.15. The van der Waals surface area contributed by atoms with E-state index in [1.807, 2.05) is 12.1 Å². The Labute approximate surface area is 117 Å². The fourth-order valence-corrected chi connectivity index (χ4v) is 2.51. The lowest BCUT2D eigenvalue weighted by molar-refractivity contribution is 0.108. The molecule has 1 saturated heterocycles. The standard InChI is InChI=1S/C13H20BrN3O/c14-12-2-1-11(9-13(12)15)10-17-5-3-16(4-6-17)7-8-18/h1-2,9,18H,3-8,10,15H2. The Bertz CT molecular complexity index is 392. The van der Waals surface area contributed by atoms with Crippen molar-refractivity contribution in [3.63, 3.8) is 0 Å². The molecule has 3 N–H and O–H groups in total. The van der Waals surface area contributed by atoms with Crippen LogP contribution in [0.1, 0.15) is 5.56 Å². The summed E-state index contributed by atoms with van der Waals surface area (Å²) >= 11 is 3.41. The van der Waals surface area contributed by atoms with Gasteiger partial charge in [0.1, 0.15) is 0 Å². The van der Waals surface area contributed by atoms with Gasteiger partial charge in [0, 0.05) is 49.4 Å². The largest absolute Gasteiger partial charge is 0.398 e. The molecule has 100 valence electrons. The number of β-amino-alcohol motifs (C(OH)–C–C–N with tert-alkyl or cyclic N) is 1. The number of rotatable bonds is 4. The van der Waals surface area contributed by atoms with E-state index in [1.165, 1.54) is 5.56 Å². The van der Waals surface area contributed by atoms with Crippen LogP contribution in [0.5, 0.6) is 0 Å². The minimum absolute atomic E-state index is 0.253. The summed E-state index contributed by atoms with van der Waals surface area (Å²) in [5, 5.41) is 8.90. The van der Waals surface area contributed by atoms with Crippen LogP contribution >= 0.6 is 15.9 Å². The number of aliphatic hydroxyl groups is 1. The first kappa shape index (κ1) is 13.8. The summed E-state index contributed by atoms with van der Waals surface area (Å²) < 4.78 is 0.957. The van der Waals surface area contributed by atoms with E-state index in [0.29, 0.717) is 0 Å². The van der Waals surface area contributed by atoms with Crippen molar-refractivity contribution in [2.24, 2.45) is 0 Å². The van der Waals surface area contributed by atoms with E-state index in [4.69, 9.17) is 10.8 Å². The average Bonchev–Trinajstić information content (AvgIpc) is 2.37. The van der Waals surface area contributed by atoms with Gasteiger partial charge in [-0.1, -0.05) is 6.07 Å². The number of nitrogens with two attached hydrogens (primary N) is 1. The highest BCUT2D eigenvalue weighted by Crippen LogP contribution is 2.21. The number of anilines is 1. The predicted molar refractivity (Wildman–Crippen MR) is 77.4 cm³/mol. The van der Waals surface area contributed by atoms with Gasteiger partial charge in [0.2, 0.25) is 0 Å². The number of hydrogen-bond acceptors (Lipinski definition) is 4. The first-order valence-corrected chi connectivity index (χ1v) is 7.08. The van der Waals surface area contributed by atoms with E-state index in [-0.39, 0.29) is 6.61 Å². The topological polar surface area (TPSA) is 52.7 Å². The lowest BCUT2D eigenvalue weighted by Crippen LogP contribution is -2.46. The van der Waals surface area contributed by atoms with E-state index in [0.717, 1.165) is 49.4 Å². The molecular weight excluding hydrogens is 294 g/mol. The van der Waals surface area contributed by atoms with Crippen molar-refractivity contribution >= 4 is 21.6 Å². The maximum atomic E-state index is 8.90. The number of benzene rings is 1. The van der Waals surface area contributed by atoms with Crippen molar-refractivity contribution in [2.75, 3.05) is 45.1 Å². The molecule has 1 heterocycles. The van der Waals surface area contributed by atoms with Gasteiger partial charge in [-0.25, -0.2) is 0 Å². The van der Waals surface area contributed by atoms with Crippen LogP contribution in [0.3, 0.4) is 0 Å². The second-order valence-corrected chi connectivity index (χ2v) is 5.55. The molecule has 0 spiro atoms. The summed E-state index contributed by atoms with van der Waals surface area (Å²) in [7, 11) is 0. The molecule has 1 fully saturated rings. The zero-order valence-corrected chi connectivity index (χ0v) is 12.1. The van der Waals surface area contributed by atoms with E-state index in [9.17, 15) is 0 Å². The third kappa shape index (κ3) is 3.68. The van der Waals surface area contributed by atoms with Gasteiger partial charge in [0.15, 0.2) is 0 Å². The third-order valence-electron chi connectivity index (χ3n) is 3.35. The molecule has 0 radical (unpaired) electrons. The monoisotopic (exact) mass is 313 g/mol. The molecule has 0 bridgehead atoms.